The number of hydrogen-bond donors (Lipinski definition) is 0. The molecular formula is C18H11F2NO3S. The summed E-state index contributed by atoms with van der Waals surface area (Å²) in [5, 5.41) is 2.00. The van der Waals surface area contributed by atoms with Crippen LogP contribution in [-0.4, -0.2) is 23.3 Å². The quantitative estimate of drug-likeness (QED) is 0.508. The van der Waals surface area contributed by atoms with Gasteiger partial charge in [0.1, 0.15) is 16.6 Å². The largest absolute Gasteiger partial charge is 0.453 e. The predicted octanol–water partition coefficient (Wildman–Crippen LogP) is 4.13. The molecule has 1 heterocycles. The molecule has 0 aliphatic rings. The van der Waals surface area contributed by atoms with E-state index in [-0.39, 0.29) is 17.1 Å². The minimum Gasteiger partial charge on any atom is -0.453 e. The van der Waals surface area contributed by atoms with Crippen LogP contribution in [0.25, 0.3) is 10.6 Å². The normalized spacial score (nSPS) is 10.5. The van der Waals surface area contributed by atoms with Crippen LogP contribution in [0.2, 0.25) is 0 Å². The highest BCUT2D eigenvalue weighted by Crippen LogP contribution is 2.24. The monoisotopic (exact) mass is 359 g/mol. The first-order valence-electron chi connectivity index (χ1n) is 7.21. The average Bonchev–Trinajstić information content (AvgIpc) is 3.10. The van der Waals surface area contributed by atoms with Crippen molar-refractivity contribution in [3.63, 3.8) is 0 Å². The van der Waals surface area contributed by atoms with E-state index in [9.17, 15) is 18.4 Å². The molecule has 1 aromatic heterocycles. The van der Waals surface area contributed by atoms with Crippen molar-refractivity contribution in [1.29, 1.82) is 0 Å². The number of ketones is 1. The van der Waals surface area contributed by atoms with Crippen molar-refractivity contribution in [2.45, 2.75) is 0 Å². The molecule has 3 rings (SSSR count). The molecule has 0 atom stereocenters. The van der Waals surface area contributed by atoms with Crippen LogP contribution < -0.4 is 0 Å². The number of Topliss-reactive ketones (excluding diaryl/α,β-unsaturated/α-hetero) is 1. The zero-order valence-electron chi connectivity index (χ0n) is 12.7. The number of nitrogens with zero attached hydrogens (tertiary/aromatic N) is 1. The van der Waals surface area contributed by atoms with Gasteiger partial charge in [0, 0.05) is 10.9 Å². The summed E-state index contributed by atoms with van der Waals surface area (Å²) in [6.07, 6.45) is 0. The maximum absolute atomic E-state index is 13.5. The summed E-state index contributed by atoms with van der Waals surface area (Å²) in [5.74, 6) is -2.46. The number of hydrogen-bond acceptors (Lipinski definition) is 5. The van der Waals surface area contributed by atoms with Crippen molar-refractivity contribution >= 4 is 23.1 Å². The topological polar surface area (TPSA) is 56.3 Å². The van der Waals surface area contributed by atoms with Gasteiger partial charge in [0.05, 0.1) is 5.56 Å². The van der Waals surface area contributed by atoms with Gasteiger partial charge in [-0.25, -0.2) is 18.6 Å². The number of benzene rings is 2. The summed E-state index contributed by atoms with van der Waals surface area (Å²) in [6, 6.07) is 11.1. The van der Waals surface area contributed by atoms with Gasteiger partial charge in [0.25, 0.3) is 0 Å². The average molecular weight is 359 g/mol. The van der Waals surface area contributed by atoms with Gasteiger partial charge in [-0.05, 0) is 36.4 Å². The zero-order valence-corrected chi connectivity index (χ0v) is 13.6. The molecule has 0 saturated heterocycles. The first-order chi connectivity index (χ1) is 12.0. The Labute approximate surface area is 145 Å². The van der Waals surface area contributed by atoms with Gasteiger partial charge in [-0.3, -0.25) is 4.79 Å². The van der Waals surface area contributed by atoms with Gasteiger partial charge in [0.15, 0.2) is 12.3 Å². The lowest BCUT2D eigenvalue weighted by atomic mass is 10.1. The lowest BCUT2D eigenvalue weighted by Crippen LogP contribution is -2.15. The highest BCUT2D eigenvalue weighted by atomic mass is 32.1. The zero-order chi connectivity index (χ0) is 17.8. The third kappa shape index (κ3) is 3.95. The second-order valence-corrected chi connectivity index (χ2v) is 5.88. The minimum atomic E-state index is -0.783. The maximum Gasteiger partial charge on any atom is 0.358 e. The van der Waals surface area contributed by atoms with Crippen LogP contribution in [0, 0.1) is 11.6 Å². The molecule has 0 aliphatic carbocycles. The van der Waals surface area contributed by atoms with Crippen LogP contribution in [0.1, 0.15) is 20.8 Å². The lowest BCUT2D eigenvalue weighted by Gasteiger charge is -2.03. The van der Waals surface area contributed by atoms with E-state index in [1.54, 1.807) is 12.1 Å². The Bertz CT molecular complexity index is 922. The molecule has 0 amide bonds. The molecule has 126 valence electrons. The molecule has 7 heteroatoms. The molecule has 0 fully saturated rings. The summed E-state index contributed by atoms with van der Waals surface area (Å²) in [4.78, 5) is 28.0. The third-order valence-electron chi connectivity index (χ3n) is 3.31. The molecule has 0 unspecified atom stereocenters. The van der Waals surface area contributed by atoms with E-state index in [4.69, 9.17) is 4.74 Å². The summed E-state index contributed by atoms with van der Waals surface area (Å²) < 4.78 is 31.3. The third-order valence-corrected chi connectivity index (χ3v) is 4.20. The minimum absolute atomic E-state index is 0.0330. The Morgan fingerprint density at radius 2 is 1.76 bits per heavy atom. The standard InChI is InChI=1S/C18H11F2NO3S/c19-12-7-5-11(6-8-12)17-21-15(10-25-17)18(23)24-9-16(22)13-3-1-2-4-14(13)20/h1-8,10H,9H2. The Morgan fingerprint density at radius 1 is 1.04 bits per heavy atom. The Morgan fingerprint density at radius 3 is 2.48 bits per heavy atom. The van der Waals surface area contributed by atoms with Crippen molar-refractivity contribution in [1.82, 2.24) is 4.98 Å². The maximum atomic E-state index is 13.5. The van der Waals surface area contributed by atoms with Crippen LogP contribution in [0.4, 0.5) is 8.78 Å². The number of esters is 1. The van der Waals surface area contributed by atoms with Crippen molar-refractivity contribution in [3.05, 3.63) is 76.8 Å². The summed E-state index contributed by atoms with van der Waals surface area (Å²) >= 11 is 1.19. The molecular weight excluding hydrogens is 348 g/mol. The number of halogens is 2. The number of thiazole rings is 1. The number of ether oxygens (including phenoxy) is 1. The second kappa shape index (κ2) is 7.31. The SMILES string of the molecule is O=C(OCC(=O)c1ccccc1F)c1csc(-c2ccc(F)cc2)n1. The number of carbonyl (C=O) groups is 2. The van der Waals surface area contributed by atoms with Gasteiger partial charge in [0.2, 0.25) is 5.78 Å². The van der Waals surface area contributed by atoms with Crippen molar-refractivity contribution < 1.29 is 23.1 Å². The Kier molecular flexibility index (Phi) is 4.95. The molecule has 0 bridgehead atoms. The van der Waals surface area contributed by atoms with Crippen molar-refractivity contribution in [2.24, 2.45) is 0 Å². The molecule has 2 aromatic carbocycles. The summed E-state index contributed by atoms with van der Waals surface area (Å²) in [6.45, 7) is -0.580. The Hall–Kier alpha value is -2.93. The van der Waals surface area contributed by atoms with Crippen molar-refractivity contribution in [2.75, 3.05) is 6.61 Å². The fourth-order valence-corrected chi connectivity index (χ4v) is 2.86. The van der Waals surface area contributed by atoms with E-state index in [1.165, 1.54) is 47.0 Å². The Balaban J connectivity index is 1.65. The first kappa shape index (κ1) is 16.9. The van der Waals surface area contributed by atoms with E-state index in [0.29, 0.717) is 10.6 Å². The number of carbonyl (C=O) groups excluding carboxylic acids is 2. The van der Waals surface area contributed by atoms with Crippen LogP contribution in [0.5, 0.6) is 0 Å². The van der Waals surface area contributed by atoms with E-state index < -0.39 is 24.2 Å². The van der Waals surface area contributed by atoms with Crippen LogP contribution in [-0.2, 0) is 4.74 Å². The van der Waals surface area contributed by atoms with Crippen LogP contribution in [0.15, 0.2) is 53.9 Å². The van der Waals surface area contributed by atoms with Gasteiger partial charge in [-0.2, -0.15) is 0 Å². The van der Waals surface area contributed by atoms with E-state index in [0.717, 1.165) is 6.07 Å². The number of aromatic nitrogens is 1. The smallest absolute Gasteiger partial charge is 0.358 e. The van der Waals surface area contributed by atoms with Gasteiger partial charge >= 0.3 is 5.97 Å². The molecule has 0 saturated carbocycles. The fourth-order valence-electron chi connectivity index (χ4n) is 2.06. The highest BCUT2D eigenvalue weighted by Gasteiger charge is 2.17. The summed E-state index contributed by atoms with van der Waals surface area (Å²) in [7, 11) is 0. The van der Waals surface area contributed by atoms with Crippen LogP contribution in [0.3, 0.4) is 0 Å². The molecule has 0 radical (unpaired) electrons. The molecule has 0 spiro atoms. The second-order valence-electron chi connectivity index (χ2n) is 5.02. The molecule has 25 heavy (non-hydrogen) atoms. The molecule has 0 N–H and O–H groups in total. The first-order valence-corrected chi connectivity index (χ1v) is 8.09. The molecule has 3 aromatic rings. The summed E-state index contributed by atoms with van der Waals surface area (Å²) in [5.41, 5.74) is 0.555. The van der Waals surface area contributed by atoms with Gasteiger partial charge < -0.3 is 4.74 Å². The predicted molar refractivity (Wildman–Crippen MR) is 88.5 cm³/mol. The molecule has 4 nitrogen and oxygen atoms in total. The fraction of sp³-hybridized carbons (Fsp3) is 0.0556. The van der Waals surface area contributed by atoms with E-state index in [2.05, 4.69) is 4.98 Å². The highest BCUT2D eigenvalue weighted by molar-refractivity contribution is 7.13. The number of rotatable bonds is 5. The van der Waals surface area contributed by atoms with E-state index >= 15 is 0 Å². The van der Waals surface area contributed by atoms with Crippen molar-refractivity contribution in [3.8, 4) is 10.6 Å². The van der Waals surface area contributed by atoms with E-state index in [1.807, 2.05) is 0 Å². The lowest BCUT2D eigenvalue weighted by molar-refractivity contribution is 0.0468. The van der Waals surface area contributed by atoms with Gasteiger partial charge in [-0.15, -0.1) is 11.3 Å². The van der Waals surface area contributed by atoms with Gasteiger partial charge in [-0.1, -0.05) is 12.1 Å². The van der Waals surface area contributed by atoms with Crippen LogP contribution >= 0.6 is 11.3 Å². The molecule has 0 aliphatic heterocycles.